The van der Waals surface area contributed by atoms with Crippen LogP contribution >= 0.6 is 0 Å². The Bertz CT molecular complexity index is 689. The molecule has 120 valence electrons. The normalized spacial score (nSPS) is 19.6. The lowest BCUT2D eigenvalue weighted by molar-refractivity contribution is -0.384. The third-order valence-corrected chi connectivity index (χ3v) is 5.40. The number of carbonyl (C=O) groups is 1. The number of nitrogens with one attached hydrogen (secondary N) is 1. The first-order valence-electron chi connectivity index (χ1n) is 6.73. The first-order chi connectivity index (χ1) is 10.3. The van der Waals surface area contributed by atoms with E-state index in [-0.39, 0.29) is 35.7 Å². The zero-order valence-corrected chi connectivity index (χ0v) is 12.9. The summed E-state index contributed by atoms with van der Waals surface area (Å²) in [6.45, 7) is -0.0474. The molecule has 1 aliphatic rings. The van der Waals surface area contributed by atoms with E-state index in [1.54, 1.807) is 13.1 Å². The molecule has 1 aromatic rings. The van der Waals surface area contributed by atoms with Gasteiger partial charge in [0.25, 0.3) is 5.69 Å². The van der Waals surface area contributed by atoms with Crippen LogP contribution in [0.4, 0.5) is 11.4 Å². The van der Waals surface area contributed by atoms with E-state index in [2.05, 4.69) is 5.32 Å². The van der Waals surface area contributed by atoms with Gasteiger partial charge < -0.3 is 10.2 Å². The van der Waals surface area contributed by atoms with Gasteiger partial charge in [0.2, 0.25) is 5.91 Å². The number of benzene rings is 1. The Kier molecular flexibility index (Phi) is 4.65. The molecule has 0 unspecified atom stereocenters. The van der Waals surface area contributed by atoms with Crippen LogP contribution in [-0.4, -0.2) is 55.3 Å². The highest BCUT2D eigenvalue weighted by atomic mass is 32.2. The lowest BCUT2D eigenvalue weighted by Crippen LogP contribution is -2.40. The van der Waals surface area contributed by atoms with Crippen molar-refractivity contribution >= 4 is 27.1 Å². The number of likely N-dealkylation sites (N-methyl/N-ethyl adjacent to an activating group) is 1. The average Bonchev–Trinajstić information content (AvgIpc) is 2.84. The van der Waals surface area contributed by atoms with Gasteiger partial charge in [-0.25, -0.2) is 8.42 Å². The molecule has 8 nitrogen and oxygen atoms in total. The molecule has 1 aromatic carbocycles. The monoisotopic (exact) mass is 327 g/mol. The van der Waals surface area contributed by atoms with Gasteiger partial charge in [-0.3, -0.25) is 14.9 Å². The first kappa shape index (κ1) is 16.2. The maximum absolute atomic E-state index is 12.1. The third-order valence-electron chi connectivity index (χ3n) is 3.65. The molecule has 1 amide bonds. The van der Waals surface area contributed by atoms with E-state index in [9.17, 15) is 23.3 Å². The Labute approximate surface area is 128 Å². The summed E-state index contributed by atoms with van der Waals surface area (Å²) in [6.07, 6.45) is 0.446. The minimum Gasteiger partial charge on any atom is -0.376 e. The van der Waals surface area contributed by atoms with Crippen molar-refractivity contribution in [2.45, 2.75) is 12.5 Å². The summed E-state index contributed by atoms with van der Waals surface area (Å²) in [4.78, 5) is 23.7. The van der Waals surface area contributed by atoms with E-state index < -0.39 is 14.8 Å². The molecule has 2 rings (SSSR count). The highest BCUT2D eigenvalue weighted by Gasteiger charge is 2.32. The summed E-state index contributed by atoms with van der Waals surface area (Å²) in [5, 5.41) is 13.5. The van der Waals surface area contributed by atoms with E-state index in [1.807, 2.05) is 0 Å². The summed E-state index contributed by atoms with van der Waals surface area (Å²) < 4.78 is 22.9. The molecule has 0 spiro atoms. The fourth-order valence-corrected chi connectivity index (χ4v) is 4.09. The van der Waals surface area contributed by atoms with Crippen molar-refractivity contribution in [3.05, 3.63) is 34.4 Å². The molecule has 0 radical (unpaired) electrons. The van der Waals surface area contributed by atoms with Gasteiger partial charge in [-0.2, -0.15) is 0 Å². The predicted molar refractivity (Wildman–Crippen MR) is 81.4 cm³/mol. The van der Waals surface area contributed by atoms with E-state index in [0.29, 0.717) is 12.1 Å². The average molecular weight is 327 g/mol. The molecule has 1 aliphatic heterocycles. The second-order valence-electron chi connectivity index (χ2n) is 5.22. The van der Waals surface area contributed by atoms with E-state index >= 15 is 0 Å². The van der Waals surface area contributed by atoms with Crippen LogP contribution in [0.5, 0.6) is 0 Å². The van der Waals surface area contributed by atoms with Gasteiger partial charge >= 0.3 is 0 Å². The van der Waals surface area contributed by atoms with Crippen LogP contribution in [0.25, 0.3) is 0 Å². The predicted octanol–water partition coefficient (Wildman–Crippen LogP) is 0.652. The highest BCUT2D eigenvalue weighted by Crippen LogP contribution is 2.18. The second kappa shape index (κ2) is 6.30. The number of hydrogen-bond donors (Lipinski definition) is 1. The van der Waals surface area contributed by atoms with E-state index in [0.717, 1.165) is 0 Å². The Morgan fingerprint density at radius 2 is 2.23 bits per heavy atom. The maximum atomic E-state index is 12.1. The largest absolute Gasteiger partial charge is 0.376 e. The molecule has 1 heterocycles. The lowest BCUT2D eigenvalue weighted by atomic mass is 10.2. The minimum absolute atomic E-state index is 0.00789. The van der Waals surface area contributed by atoms with E-state index in [4.69, 9.17) is 0 Å². The minimum atomic E-state index is -3.05. The van der Waals surface area contributed by atoms with Gasteiger partial charge in [0.1, 0.15) is 0 Å². The van der Waals surface area contributed by atoms with Crippen LogP contribution in [0, 0.1) is 10.1 Å². The lowest BCUT2D eigenvalue weighted by Gasteiger charge is -2.23. The second-order valence-corrected chi connectivity index (χ2v) is 7.45. The van der Waals surface area contributed by atoms with Gasteiger partial charge in [-0.1, -0.05) is 6.07 Å². The summed E-state index contributed by atoms with van der Waals surface area (Å²) in [5.74, 6) is -0.159. The zero-order valence-electron chi connectivity index (χ0n) is 12.1. The Balaban J connectivity index is 1.92. The summed E-state index contributed by atoms with van der Waals surface area (Å²) >= 11 is 0. The number of carbonyl (C=O) groups excluding carboxylic acids is 1. The van der Waals surface area contributed by atoms with Gasteiger partial charge in [0, 0.05) is 30.9 Å². The molecule has 0 bridgehead atoms. The van der Waals surface area contributed by atoms with Crippen LogP contribution in [-0.2, 0) is 14.6 Å². The van der Waals surface area contributed by atoms with Gasteiger partial charge in [-0.05, 0) is 12.5 Å². The number of nitro benzene ring substituents is 1. The van der Waals surface area contributed by atoms with Crippen molar-refractivity contribution < 1.29 is 18.1 Å². The molecule has 1 fully saturated rings. The molecule has 0 aromatic heterocycles. The van der Waals surface area contributed by atoms with Gasteiger partial charge in [0.05, 0.1) is 23.0 Å². The standard InChI is InChI=1S/C13H17N3O5S/c1-15(12-5-6-22(20,21)9-12)13(17)8-14-10-3-2-4-11(7-10)16(18)19/h2-4,7,12,14H,5-6,8-9H2,1H3/t12-/m1/s1. The topological polar surface area (TPSA) is 110 Å². The maximum Gasteiger partial charge on any atom is 0.271 e. The quantitative estimate of drug-likeness (QED) is 0.628. The number of amides is 1. The smallest absolute Gasteiger partial charge is 0.271 e. The molecular weight excluding hydrogens is 310 g/mol. The molecule has 1 N–H and O–H groups in total. The van der Waals surface area contributed by atoms with Crippen LogP contribution in [0.2, 0.25) is 0 Å². The molecule has 9 heteroatoms. The number of nitrogens with zero attached hydrogens (tertiary/aromatic N) is 2. The SMILES string of the molecule is CN(C(=O)CNc1cccc([N+](=O)[O-])c1)[C@@H]1CCS(=O)(=O)C1. The number of sulfone groups is 1. The molecule has 22 heavy (non-hydrogen) atoms. The summed E-state index contributed by atoms with van der Waals surface area (Å²) in [7, 11) is -1.47. The van der Waals surface area contributed by atoms with Crippen LogP contribution < -0.4 is 5.32 Å². The van der Waals surface area contributed by atoms with Crippen molar-refractivity contribution in [3.63, 3.8) is 0 Å². The number of non-ortho nitro benzene ring substituents is 1. The number of anilines is 1. The first-order valence-corrected chi connectivity index (χ1v) is 8.55. The molecule has 1 atom stereocenters. The van der Waals surface area contributed by atoms with Crippen molar-refractivity contribution in [3.8, 4) is 0 Å². The van der Waals surface area contributed by atoms with Crippen LogP contribution in [0.15, 0.2) is 24.3 Å². The molecule has 0 saturated carbocycles. The van der Waals surface area contributed by atoms with Crippen molar-refractivity contribution in [1.82, 2.24) is 4.90 Å². The van der Waals surface area contributed by atoms with Crippen molar-refractivity contribution in [1.29, 1.82) is 0 Å². The zero-order chi connectivity index (χ0) is 16.3. The third kappa shape index (κ3) is 3.94. The number of hydrogen-bond acceptors (Lipinski definition) is 6. The van der Waals surface area contributed by atoms with Crippen molar-refractivity contribution in [2.24, 2.45) is 0 Å². The molecular formula is C13H17N3O5S. The Morgan fingerprint density at radius 1 is 1.50 bits per heavy atom. The summed E-state index contributed by atoms with van der Waals surface area (Å²) in [6, 6.07) is 5.55. The summed E-state index contributed by atoms with van der Waals surface area (Å²) in [5.41, 5.74) is 0.405. The number of nitro groups is 1. The number of rotatable bonds is 5. The Morgan fingerprint density at radius 3 is 2.82 bits per heavy atom. The van der Waals surface area contributed by atoms with Gasteiger partial charge in [-0.15, -0.1) is 0 Å². The van der Waals surface area contributed by atoms with Crippen molar-refractivity contribution in [2.75, 3.05) is 30.4 Å². The highest BCUT2D eigenvalue weighted by molar-refractivity contribution is 7.91. The van der Waals surface area contributed by atoms with Crippen LogP contribution in [0.1, 0.15) is 6.42 Å². The van der Waals surface area contributed by atoms with Crippen LogP contribution in [0.3, 0.4) is 0 Å². The van der Waals surface area contributed by atoms with Gasteiger partial charge in [0.15, 0.2) is 9.84 Å². The molecule has 1 saturated heterocycles. The fourth-order valence-electron chi connectivity index (χ4n) is 2.32. The molecule has 0 aliphatic carbocycles. The van der Waals surface area contributed by atoms with E-state index in [1.165, 1.54) is 23.1 Å². The fraction of sp³-hybridized carbons (Fsp3) is 0.462. The Hall–Kier alpha value is -2.16.